The molecule has 3 aromatic rings. The van der Waals surface area contributed by atoms with Crippen molar-refractivity contribution in [3.63, 3.8) is 0 Å². The average molecular weight is 454 g/mol. The first kappa shape index (κ1) is 22.1. The molecule has 0 aliphatic rings. The molecule has 0 aliphatic heterocycles. The SMILES string of the molecule is CS(=O)(=O)OC[C@@H](NC(=O)OCc1ccccc1)C(O)c1cc2cc(Cl)ccc2o1. The summed E-state index contributed by atoms with van der Waals surface area (Å²) in [4.78, 5) is 12.2. The number of ether oxygens (including phenoxy) is 1. The minimum atomic E-state index is -3.81. The van der Waals surface area contributed by atoms with Crippen molar-refractivity contribution in [1.29, 1.82) is 0 Å². The van der Waals surface area contributed by atoms with E-state index in [1.165, 1.54) is 0 Å². The van der Waals surface area contributed by atoms with Crippen molar-refractivity contribution >= 4 is 38.8 Å². The molecular formula is C20H20ClNO7S. The predicted molar refractivity (Wildman–Crippen MR) is 111 cm³/mol. The van der Waals surface area contributed by atoms with E-state index in [-0.39, 0.29) is 12.4 Å². The predicted octanol–water partition coefficient (Wildman–Crippen LogP) is 3.39. The number of furan rings is 1. The molecule has 30 heavy (non-hydrogen) atoms. The Balaban J connectivity index is 1.73. The Morgan fingerprint density at radius 1 is 1.20 bits per heavy atom. The number of carbonyl (C=O) groups excluding carboxylic acids is 1. The molecular weight excluding hydrogens is 434 g/mol. The molecule has 2 aromatic carbocycles. The number of rotatable bonds is 8. The van der Waals surface area contributed by atoms with Crippen LogP contribution in [0.3, 0.4) is 0 Å². The molecule has 1 unspecified atom stereocenters. The Labute approximate surface area is 178 Å². The van der Waals surface area contributed by atoms with Gasteiger partial charge in [0.2, 0.25) is 0 Å². The number of hydrogen-bond donors (Lipinski definition) is 2. The number of alkyl carbamates (subject to hydrolysis) is 1. The molecule has 0 saturated heterocycles. The minimum absolute atomic E-state index is 0.00551. The van der Waals surface area contributed by atoms with Gasteiger partial charge in [-0.2, -0.15) is 8.42 Å². The zero-order valence-electron chi connectivity index (χ0n) is 15.9. The smallest absolute Gasteiger partial charge is 0.407 e. The molecule has 1 amide bonds. The maximum atomic E-state index is 12.2. The van der Waals surface area contributed by atoms with Crippen LogP contribution in [0.25, 0.3) is 11.0 Å². The van der Waals surface area contributed by atoms with Crippen molar-refractivity contribution in [2.24, 2.45) is 0 Å². The number of amides is 1. The lowest BCUT2D eigenvalue weighted by molar-refractivity contribution is 0.0710. The Kier molecular flexibility index (Phi) is 6.99. The standard InChI is InChI=1S/C20H20ClNO7S/c1-30(25,26)28-12-16(22-20(24)27-11-13-5-3-2-4-6-13)19(23)18-10-14-9-15(21)7-8-17(14)29-18/h2-10,16,19,23H,11-12H2,1H3,(H,22,24)/t16-,19?/m1/s1. The molecule has 0 aliphatic carbocycles. The maximum absolute atomic E-state index is 12.2. The normalized spacial score (nSPS) is 13.7. The Morgan fingerprint density at radius 3 is 2.63 bits per heavy atom. The summed E-state index contributed by atoms with van der Waals surface area (Å²) in [7, 11) is -3.81. The van der Waals surface area contributed by atoms with Crippen LogP contribution in [0.1, 0.15) is 17.4 Å². The number of halogens is 1. The van der Waals surface area contributed by atoms with Gasteiger partial charge < -0.3 is 19.6 Å². The highest BCUT2D eigenvalue weighted by Gasteiger charge is 2.28. The fourth-order valence-corrected chi connectivity index (χ4v) is 3.28. The second-order valence-corrected chi connectivity index (χ2v) is 8.66. The molecule has 1 heterocycles. The number of hydrogen-bond acceptors (Lipinski definition) is 7. The van der Waals surface area contributed by atoms with Gasteiger partial charge in [0.25, 0.3) is 10.1 Å². The summed E-state index contributed by atoms with van der Waals surface area (Å²) >= 11 is 5.96. The lowest BCUT2D eigenvalue weighted by Gasteiger charge is -2.22. The van der Waals surface area contributed by atoms with Gasteiger partial charge in [-0.25, -0.2) is 4.79 Å². The van der Waals surface area contributed by atoms with Crippen molar-refractivity contribution in [2.75, 3.05) is 12.9 Å². The summed E-state index contributed by atoms with van der Waals surface area (Å²) in [5.41, 5.74) is 1.24. The van der Waals surface area contributed by atoms with Gasteiger partial charge in [0.1, 0.15) is 24.1 Å². The van der Waals surface area contributed by atoms with Crippen LogP contribution in [0, 0.1) is 0 Å². The highest BCUT2D eigenvalue weighted by atomic mass is 35.5. The monoisotopic (exact) mass is 453 g/mol. The number of benzene rings is 2. The summed E-state index contributed by atoms with van der Waals surface area (Å²) in [6.07, 6.45) is -1.38. The zero-order chi connectivity index (χ0) is 21.7. The number of aliphatic hydroxyl groups is 1. The van der Waals surface area contributed by atoms with Crippen LogP contribution < -0.4 is 5.32 Å². The Hall–Kier alpha value is -2.59. The topological polar surface area (TPSA) is 115 Å². The zero-order valence-corrected chi connectivity index (χ0v) is 17.5. The first-order valence-corrected chi connectivity index (χ1v) is 11.1. The summed E-state index contributed by atoms with van der Waals surface area (Å²) in [5.74, 6) is 0.109. The molecule has 10 heteroatoms. The Morgan fingerprint density at radius 2 is 1.93 bits per heavy atom. The highest BCUT2D eigenvalue weighted by Crippen LogP contribution is 2.28. The number of aliphatic hydroxyl groups excluding tert-OH is 1. The lowest BCUT2D eigenvalue weighted by atomic mass is 10.1. The molecule has 0 fully saturated rings. The van der Waals surface area contributed by atoms with Gasteiger partial charge >= 0.3 is 6.09 Å². The van der Waals surface area contributed by atoms with Crippen molar-refractivity contribution in [3.05, 3.63) is 70.9 Å². The average Bonchev–Trinajstić information content (AvgIpc) is 3.12. The molecule has 1 aromatic heterocycles. The van der Waals surface area contributed by atoms with Crippen LogP contribution in [0.15, 0.2) is 59.0 Å². The third-order valence-electron chi connectivity index (χ3n) is 4.15. The van der Waals surface area contributed by atoms with Crippen molar-refractivity contribution in [2.45, 2.75) is 18.8 Å². The van der Waals surface area contributed by atoms with Crippen LogP contribution in [-0.2, 0) is 25.6 Å². The van der Waals surface area contributed by atoms with Gasteiger partial charge in [-0.05, 0) is 29.8 Å². The minimum Gasteiger partial charge on any atom is -0.458 e. The molecule has 2 N–H and O–H groups in total. The Bertz CT molecular complexity index is 1110. The second-order valence-electron chi connectivity index (χ2n) is 6.58. The molecule has 0 saturated carbocycles. The fourth-order valence-electron chi connectivity index (χ4n) is 2.70. The van der Waals surface area contributed by atoms with Crippen LogP contribution in [0.2, 0.25) is 5.02 Å². The molecule has 0 spiro atoms. The summed E-state index contributed by atoms with van der Waals surface area (Å²) < 4.78 is 38.3. The third kappa shape index (κ3) is 6.20. The molecule has 0 radical (unpaired) electrons. The molecule has 8 nitrogen and oxygen atoms in total. The van der Waals surface area contributed by atoms with Gasteiger partial charge in [-0.1, -0.05) is 41.9 Å². The second kappa shape index (κ2) is 9.48. The van der Waals surface area contributed by atoms with E-state index in [2.05, 4.69) is 5.32 Å². The van der Waals surface area contributed by atoms with Crippen molar-refractivity contribution in [3.8, 4) is 0 Å². The number of nitrogens with one attached hydrogen (secondary N) is 1. The van der Waals surface area contributed by atoms with Crippen molar-refractivity contribution in [1.82, 2.24) is 5.32 Å². The van der Waals surface area contributed by atoms with E-state index in [0.29, 0.717) is 16.0 Å². The summed E-state index contributed by atoms with van der Waals surface area (Å²) in [6, 6.07) is 14.3. The molecule has 0 bridgehead atoms. The van der Waals surface area contributed by atoms with Gasteiger partial charge in [0, 0.05) is 10.4 Å². The van der Waals surface area contributed by atoms with Gasteiger partial charge in [0.05, 0.1) is 18.9 Å². The third-order valence-corrected chi connectivity index (χ3v) is 4.95. The molecule has 3 rings (SSSR count). The van der Waals surface area contributed by atoms with Gasteiger partial charge in [0.15, 0.2) is 0 Å². The van der Waals surface area contributed by atoms with Crippen LogP contribution >= 0.6 is 11.6 Å². The van der Waals surface area contributed by atoms with E-state index in [1.54, 1.807) is 48.5 Å². The number of fused-ring (bicyclic) bond motifs is 1. The quantitative estimate of drug-likeness (QED) is 0.502. The maximum Gasteiger partial charge on any atom is 0.407 e. The highest BCUT2D eigenvalue weighted by molar-refractivity contribution is 7.85. The first-order chi connectivity index (χ1) is 14.2. The van der Waals surface area contributed by atoms with E-state index < -0.39 is 35.0 Å². The summed E-state index contributed by atoms with van der Waals surface area (Å²) in [6.45, 7) is -0.510. The molecule has 2 atom stereocenters. The van der Waals surface area contributed by atoms with Crippen LogP contribution in [0.4, 0.5) is 4.79 Å². The van der Waals surface area contributed by atoms with E-state index in [0.717, 1.165) is 11.8 Å². The van der Waals surface area contributed by atoms with Crippen molar-refractivity contribution < 1.29 is 31.7 Å². The number of carbonyl (C=O) groups is 1. The largest absolute Gasteiger partial charge is 0.458 e. The molecule has 160 valence electrons. The van der Waals surface area contributed by atoms with E-state index in [9.17, 15) is 18.3 Å². The lowest BCUT2D eigenvalue weighted by Crippen LogP contribution is -2.43. The van der Waals surface area contributed by atoms with Crippen LogP contribution in [0.5, 0.6) is 0 Å². The van der Waals surface area contributed by atoms with E-state index in [1.807, 2.05) is 6.07 Å². The summed E-state index contributed by atoms with van der Waals surface area (Å²) in [5, 5.41) is 14.3. The van der Waals surface area contributed by atoms with E-state index in [4.69, 9.17) is 24.9 Å². The fraction of sp³-hybridized carbons (Fsp3) is 0.250. The van der Waals surface area contributed by atoms with E-state index >= 15 is 0 Å². The van der Waals surface area contributed by atoms with Gasteiger partial charge in [-0.3, -0.25) is 4.18 Å². The van der Waals surface area contributed by atoms with Crippen LogP contribution in [-0.4, -0.2) is 38.5 Å². The first-order valence-electron chi connectivity index (χ1n) is 8.90. The van der Waals surface area contributed by atoms with Gasteiger partial charge in [-0.15, -0.1) is 0 Å².